The second-order valence-electron chi connectivity index (χ2n) is 3.82. The molecule has 1 nitrogen and oxygen atoms in total. The van der Waals surface area contributed by atoms with Gasteiger partial charge >= 0.3 is 0 Å². The summed E-state index contributed by atoms with van der Waals surface area (Å²) in [6.07, 6.45) is 3.18. The van der Waals surface area contributed by atoms with Gasteiger partial charge in [-0.05, 0) is 11.6 Å². The molecule has 0 heterocycles. The van der Waals surface area contributed by atoms with E-state index in [4.69, 9.17) is 4.74 Å². The molecule has 0 bridgehead atoms. The molecule has 1 aromatic carbocycles. The van der Waals surface area contributed by atoms with Gasteiger partial charge in [0.2, 0.25) is 0 Å². The van der Waals surface area contributed by atoms with Crippen LogP contribution in [0.3, 0.4) is 0 Å². The largest absolute Gasteiger partial charge is 0.497 e. The number of halogens is 2. The Balaban J connectivity index is 2.41. The van der Waals surface area contributed by atoms with Crippen molar-refractivity contribution in [1.82, 2.24) is 0 Å². The van der Waals surface area contributed by atoms with Gasteiger partial charge in [-0.2, -0.15) is 0 Å². The molecule has 0 amide bonds. The number of hydrogen-bond donors (Lipinski definition) is 0. The standard InChI is InChI=1S/C15H16F2O/c1-3-10-15(16,17)13(2)9-11-18-12-14-7-5-4-6-8-14/h3-9,11H,1-2,10,12H2/b11-9+. The molecule has 0 aliphatic carbocycles. The normalized spacial score (nSPS) is 11.4. The van der Waals surface area contributed by atoms with E-state index < -0.39 is 12.3 Å². The molecule has 0 N–H and O–H groups in total. The third-order valence-electron chi connectivity index (χ3n) is 2.33. The molecular formula is C15H16F2O. The fraction of sp³-hybridized carbons (Fsp3) is 0.200. The molecule has 0 radical (unpaired) electrons. The second kappa shape index (κ2) is 6.74. The average Bonchev–Trinajstić information content (AvgIpc) is 2.35. The minimum atomic E-state index is -2.96. The Morgan fingerprint density at radius 2 is 1.94 bits per heavy atom. The molecule has 0 saturated heterocycles. The molecule has 1 aromatic rings. The van der Waals surface area contributed by atoms with E-state index in [9.17, 15) is 8.78 Å². The van der Waals surface area contributed by atoms with E-state index in [-0.39, 0.29) is 5.57 Å². The molecule has 0 aromatic heterocycles. The maximum absolute atomic E-state index is 13.3. The van der Waals surface area contributed by atoms with Gasteiger partial charge in [0, 0.05) is 12.0 Å². The number of benzene rings is 1. The van der Waals surface area contributed by atoms with E-state index in [1.165, 1.54) is 18.4 Å². The van der Waals surface area contributed by atoms with Crippen molar-refractivity contribution in [1.29, 1.82) is 0 Å². The van der Waals surface area contributed by atoms with Crippen molar-refractivity contribution in [3.63, 3.8) is 0 Å². The predicted molar refractivity (Wildman–Crippen MR) is 69.3 cm³/mol. The lowest BCUT2D eigenvalue weighted by Gasteiger charge is -2.13. The number of rotatable bonds is 7. The molecule has 0 unspecified atom stereocenters. The van der Waals surface area contributed by atoms with Crippen molar-refractivity contribution in [3.05, 3.63) is 73.0 Å². The van der Waals surface area contributed by atoms with Crippen LogP contribution in [0.15, 0.2) is 67.5 Å². The molecule has 1 rings (SSSR count). The van der Waals surface area contributed by atoms with Crippen molar-refractivity contribution >= 4 is 0 Å². The Labute approximate surface area is 106 Å². The first-order chi connectivity index (χ1) is 8.56. The Kier molecular flexibility index (Phi) is 5.31. The number of alkyl halides is 2. The van der Waals surface area contributed by atoms with Gasteiger partial charge in [0.15, 0.2) is 0 Å². The Morgan fingerprint density at radius 1 is 1.28 bits per heavy atom. The summed E-state index contributed by atoms with van der Waals surface area (Å²) in [6.45, 7) is 6.96. The first kappa shape index (κ1) is 14.2. The minimum Gasteiger partial charge on any atom is -0.497 e. The molecule has 0 fully saturated rings. The third-order valence-corrected chi connectivity index (χ3v) is 2.33. The quantitative estimate of drug-likeness (QED) is 0.394. The van der Waals surface area contributed by atoms with Crippen molar-refractivity contribution < 1.29 is 13.5 Å². The van der Waals surface area contributed by atoms with E-state index in [1.54, 1.807) is 0 Å². The highest BCUT2D eigenvalue weighted by Gasteiger charge is 2.29. The fourth-order valence-corrected chi connectivity index (χ4v) is 1.28. The van der Waals surface area contributed by atoms with Gasteiger partial charge in [0.1, 0.15) is 6.61 Å². The Hall–Kier alpha value is -1.90. The van der Waals surface area contributed by atoms with E-state index in [0.717, 1.165) is 5.56 Å². The maximum atomic E-state index is 13.3. The average molecular weight is 250 g/mol. The fourth-order valence-electron chi connectivity index (χ4n) is 1.28. The predicted octanol–water partition coefficient (Wildman–Crippen LogP) is 4.48. The first-order valence-corrected chi connectivity index (χ1v) is 5.56. The lowest BCUT2D eigenvalue weighted by Crippen LogP contribution is -2.16. The summed E-state index contributed by atoms with van der Waals surface area (Å²) in [6, 6.07) is 9.47. The SMILES string of the molecule is C=CCC(F)(F)C(=C)/C=C/OCc1ccccc1. The highest BCUT2D eigenvalue weighted by molar-refractivity contribution is 5.22. The summed E-state index contributed by atoms with van der Waals surface area (Å²) in [4.78, 5) is 0. The summed E-state index contributed by atoms with van der Waals surface area (Å²) in [5.74, 6) is -2.96. The van der Waals surface area contributed by atoms with Crippen LogP contribution in [0.2, 0.25) is 0 Å². The van der Waals surface area contributed by atoms with Gasteiger partial charge < -0.3 is 4.74 Å². The summed E-state index contributed by atoms with van der Waals surface area (Å²) < 4.78 is 31.7. The van der Waals surface area contributed by atoms with Gasteiger partial charge in [-0.3, -0.25) is 0 Å². The molecule has 0 aliphatic heterocycles. The Bertz CT molecular complexity index is 421. The number of hydrogen-bond acceptors (Lipinski definition) is 1. The zero-order chi connectivity index (χ0) is 13.4. The minimum absolute atomic E-state index is 0.282. The molecule has 3 heteroatoms. The van der Waals surface area contributed by atoms with Crippen LogP contribution in [0.25, 0.3) is 0 Å². The second-order valence-corrected chi connectivity index (χ2v) is 3.82. The van der Waals surface area contributed by atoms with Gasteiger partial charge in [0.25, 0.3) is 5.92 Å². The first-order valence-electron chi connectivity index (χ1n) is 5.56. The van der Waals surface area contributed by atoms with Crippen LogP contribution >= 0.6 is 0 Å². The van der Waals surface area contributed by atoms with E-state index >= 15 is 0 Å². The summed E-state index contributed by atoms with van der Waals surface area (Å²) in [5, 5.41) is 0. The van der Waals surface area contributed by atoms with Crippen LogP contribution in [0, 0.1) is 0 Å². The van der Waals surface area contributed by atoms with Crippen LogP contribution in [-0.2, 0) is 11.3 Å². The van der Waals surface area contributed by atoms with Crippen LogP contribution in [0.4, 0.5) is 8.78 Å². The number of allylic oxidation sites excluding steroid dienone is 3. The zero-order valence-corrected chi connectivity index (χ0v) is 10.1. The maximum Gasteiger partial charge on any atom is 0.276 e. The Morgan fingerprint density at radius 3 is 2.56 bits per heavy atom. The summed E-state index contributed by atoms with van der Waals surface area (Å²) >= 11 is 0. The van der Waals surface area contributed by atoms with Crippen LogP contribution in [0.1, 0.15) is 12.0 Å². The number of ether oxygens (including phenoxy) is 1. The van der Waals surface area contributed by atoms with Crippen molar-refractivity contribution in [3.8, 4) is 0 Å². The molecule has 0 aliphatic rings. The topological polar surface area (TPSA) is 9.23 Å². The van der Waals surface area contributed by atoms with Gasteiger partial charge in [-0.25, -0.2) is 8.78 Å². The smallest absolute Gasteiger partial charge is 0.276 e. The van der Waals surface area contributed by atoms with E-state index in [0.29, 0.717) is 6.61 Å². The van der Waals surface area contributed by atoms with Crippen molar-refractivity contribution in [2.75, 3.05) is 0 Å². The van der Waals surface area contributed by atoms with Crippen molar-refractivity contribution in [2.45, 2.75) is 19.0 Å². The zero-order valence-electron chi connectivity index (χ0n) is 10.1. The molecular weight excluding hydrogens is 234 g/mol. The monoisotopic (exact) mass is 250 g/mol. The van der Waals surface area contributed by atoms with Gasteiger partial charge in [-0.15, -0.1) is 6.58 Å². The van der Waals surface area contributed by atoms with E-state index in [1.807, 2.05) is 30.3 Å². The lowest BCUT2D eigenvalue weighted by atomic mass is 10.1. The molecule has 18 heavy (non-hydrogen) atoms. The summed E-state index contributed by atoms with van der Waals surface area (Å²) in [5.41, 5.74) is 0.695. The molecule has 96 valence electrons. The van der Waals surface area contributed by atoms with E-state index in [2.05, 4.69) is 13.2 Å². The molecule has 0 atom stereocenters. The van der Waals surface area contributed by atoms with Gasteiger partial charge in [0.05, 0.1) is 6.26 Å². The molecule has 0 saturated carbocycles. The highest BCUT2D eigenvalue weighted by atomic mass is 19.3. The van der Waals surface area contributed by atoms with Crippen LogP contribution in [0.5, 0.6) is 0 Å². The third kappa shape index (κ3) is 4.53. The highest BCUT2D eigenvalue weighted by Crippen LogP contribution is 2.27. The lowest BCUT2D eigenvalue weighted by molar-refractivity contribution is 0.0491. The van der Waals surface area contributed by atoms with Crippen LogP contribution < -0.4 is 0 Å². The molecule has 0 spiro atoms. The van der Waals surface area contributed by atoms with Crippen molar-refractivity contribution in [2.24, 2.45) is 0 Å². The summed E-state index contributed by atoms with van der Waals surface area (Å²) in [7, 11) is 0. The van der Waals surface area contributed by atoms with Crippen LogP contribution in [-0.4, -0.2) is 5.92 Å². The van der Waals surface area contributed by atoms with Gasteiger partial charge in [-0.1, -0.05) is 43.0 Å².